The number of carbonyl (C=O) groups excluding carboxylic acids is 3. The summed E-state index contributed by atoms with van der Waals surface area (Å²) in [5.41, 5.74) is 7.41. The molecule has 3 atom stereocenters. The van der Waals surface area contributed by atoms with Gasteiger partial charge in [0.25, 0.3) is 5.91 Å². The Balaban J connectivity index is 1.49. The molecule has 0 radical (unpaired) electrons. The van der Waals surface area contributed by atoms with Crippen LogP contribution in [0, 0.1) is 0 Å². The highest BCUT2D eigenvalue weighted by molar-refractivity contribution is 6.05. The number of hydrogen-bond acceptors (Lipinski definition) is 6. The average molecular weight is 359 g/mol. The number of hydrogen-bond donors (Lipinski definition) is 2. The minimum atomic E-state index is -0.610. The lowest BCUT2D eigenvalue weighted by Crippen LogP contribution is -2.52. The molecule has 1 unspecified atom stereocenters. The molecular weight excluding hydrogens is 338 g/mol. The largest absolute Gasteiger partial charge is 0.489 e. The predicted molar refractivity (Wildman–Crippen MR) is 90.3 cm³/mol. The lowest BCUT2D eigenvalue weighted by Gasteiger charge is -2.29. The van der Waals surface area contributed by atoms with Gasteiger partial charge in [0.1, 0.15) is 17.9 Å². The Morgan fingerprint density at radius 1 is 1.23 bits per heavy atom. The normalized spacial score (nSPS) is 28.7. The van der Waals surface area contributed by atoms with Crippen LogP contribution in [0.15, 0.2) is 18.2 Å². The summed E-state index contributed by atoms with van der Waals surface area (Å²) in [4.78, 5) is 37.6. The van der Waals surface area contributed by atoms with Crippen LogP contribution in [0.2, 0.25) is 0 Å². The van der Waals surface area contributed by atoms with Gasteiger partial charge >= 0.3 is 0 Å². The molecule has 2 fully saturated rings. The van der Waals surface area contributed by atoms with E-state index >= 15 is 0 Å². The van der Waals surface area contributed by atoms with Gasteiger partial charge in [0, 0.05) is 24.9 Å². The molecule has 0 bridgehead atoms. The zero-order valence-electron chi connectivity index (χ0n) is 14.3. The van der Waals surface area contributed by atoms with Crippen LogP contribution >= 0.6 is 0 Å². The Morgan fingerprint density at radius 2 is 2.08 bits per heavy atom. The first-order valence-corrected chi connectivity index (χ1v) is 8.80. The number of benzene rings is 1. The summed E-state index contributed by atoms with van der Waals surface area (Å²) in [5, 5.41) is 2.30. The summed E-state index contributed by atoms with van der Waals surface area (Å²) in [6.07, 6.45) is 1.20. The summed E-state index contributed by atoms with van der Waals surface area (Å²) in [6, 6.07) is 4.53. The fourth-order valence-corrected chi connectivity index (χ4v) is 3.69. The number of fused-ring (bicyclic) bond motifs is 1. The third-order valence-corrected chi connectivity index (χ3v) is 5.12. The van der Waals surface area contributed by atoms with Crippen molar-refractivity contribution in [3.8, 4) is 5.75 Å². The van der Waals surface area contributed by atoms with Crippen molar-refractivity contribution < 1.29 is 23.9 Å². The maximum Gasteiger partial charge on any atom is 0.255 e. The van der Waals surface area contributed by atoms with Gasteiger partial charge in [-0.1, -0.05) is 0 Å². The highest BCUT2D eigenvalue weighted by Crippen LogP contribution is 2.30. The SMILES string of the molecule is N[C@@H]1COCC[C@@H]1Oc1ccc2c(c1)CN(C1CCC(=O)NC1=O)C2=O. The number of carbonyl (C=O) groups is 3. The van der Waals surface area contributed by atoms with Crippen molar-refractivity contribution in [2.75, 3.05) is 13.2 Å². The van der Waals surface area contributed by atoms with E-state index in [0.29, 0.717) is 37.5 Å². The van der Waals surface area contributed by atoms with Crippen LogP contribution in [-0.2, 0) is 20.9 Å². The van der Waals surface area contributed by atoms with Crippen molar-refractivity contribution in [1.82, 2.24) is 10.2 Å². The Hall–Kier alpha value is -2.45. The molecule has 3 aliphatic rings. The molecular formula is C18H21N3O5. The molecule has 0 aromatic heterocycles. The standard InChI is InChI=1S/C18H21N3O5/c19-13-9-25-6-5-15(13)26-11-1-2-12-10(7-11)8-21(18(12)24)14-3-4-16(22)20-17(14)23/h1-2,7,13-15H,3-6,8-9,19H2,(H,20,22,23)/t13-,14?,15+/m1/s1. The molecule has 3 heterocycles. The molecule has 2 saturated heterocycles. The van der Waals surface area contributed by atoms with E-state index in [1.54, 1.807) is 12.1 Å². The molecule has 0 spiro atoms. The fourth-order valence-electron chi connectivity index (χ4n) is 3.69. The van der Waals surface area contributed by atoms with Crippen molar-refractivity contribution >= 4 is 17.7 Å². The maximum atomic E-state index is 12.7. The van der Waals surface area contributed by atoms with Gasteiger partial charge in [0.05, 0.1) is 19.3 Å². The van der Waals surface area contributed by atoms with E-state index in [9.17, 15) is 14.4 Å². The van der Waals surface area contributed by atoms with Crippen LogP contribution in [0.4, 0.5) is 0 Å². The van der Waals surface area contributed by atoms with Crippen LogP contribution < -0.4 is 15.8 Å². The van der Waals surface area contributed by atoms with E-state index < -0.39 is 11.9 Å². The van der Waals surface area contributed by atoms with Crippen molar-refractivity contribution in [1.29, 1.82) is 0 Å². The first-order valence-electron chi connectivity index (χ1n) is 8.80. The quantitative estimate of drug-likeness (QED) is 0.732. The number of nitrogens with zero attached hydrogens (tertiary/aromatic N) is 1. The summed E-state index contributed by atoms with van der Waals surface area (Å²) in [6.45, 7) is 1.42. The number of rotatable bonds is 3. The van der Waals surface area contributed by atoms with Crippen molar-refractivity contribution in [2.45, 2.75) is 44.0 Å². The van der Waals surface area contributed by atoms with Gasteiger partial charge in [-0.15, -0.1) is 0 Å². The Morgan fingerprint density at radius 3 is 2.85 bits per heavy atom. The molecule has 3 N–H and O–H groups in total. The smallest absolute Gasteiger partial charge is 0.255 e. The molecule has 0 saturated carbocycles. The third-order valence-electron chi connectivity index (χ3n) is 5.12. The number of amides is 3. The average Bonchev–Trinajstić information content (AvgIpc) is 2.93. The van der Waals surface area contributed by atoms with E-state index in [0.717, 1.165) is 12.0 Å². The molecule has 4 rings (SSSR count). The number of nitrogens with two attached hydrogens (primary N) is 1. The van der Waals surface area contributed by atoms with Crippen LogP contribution in [-0.4, -0.2) is 54.0 Å². The zero-order chi connectivity index (χ0) is 18.3. The number of nitrogens with one attached hydrogen (secondary N) is 1. The fraction of sp³-hybridized carbons (Fsp3) is 0.500. The number of imide groups is 1. The summed E-state index contributed by atoms with van der Waals surface area (Å²) in [7, 11) is 0. The first-order chi connectivity index (χ1) is 12.5. The summed E-state index contributed by atoms with van der Waals surface area (Å²) in [5.74, 6) is -0.237. The summed E-state index contributed by atoms with van der Waals surface area (Å²) < 4.78 is 11.3. The molecule has 8 nitrogen and oxygen atoms in total. The topological polar surface area (TPSA) is 111 Å². The molecule has 1 aromatic rings. The van der Waals surface area contributed by atoms with Gasteiger partial charge in [-0.3, -0.25) is 19.7 Å². The second-order valence-electron chi connectivity index (χ2n) is 6.90. The maximum absolute atomic E-state index is 12.7. The Labute approximate surface area is 150 Å². The van der Waals surface area contributed by atoms with E-state index in [1.165, 1.54) is 4.90 Å². The van der Waals surface area contributed by atoms with Crippen LogP contribution in [0.5, 0.6) is 5.75 Å². The van der Waals surface area contributed by atoms with Crippen molar-refractivity contribution in [2.24, 2.45) is 5.73 Å². The molecule has 1 aromatic carbocycles. The Bertz CT molecular complexity index is 765. The lowest BCUT2D eigenvalue weighted by atomic mass is 10.0. The minimum Gasteiger partial charge on any atom is -0.489 e. The molecule has 3 aliphatic heterocycles. The second kappa shape index (κ2) is 6.69. The summed E-state index contributed by atoms with van der Waals surface area (Å²) >= 11 is 0. The number of piperidine rings is 1. The third kappa shape index (κ3) is 3.06. The number of ether oxygens (including phenoxy) is 2. The molecule has 8 heteroatoms. The highest BCUT2D eigenvalue weighted by atomic mass is 16.5. The second-order valence-corrected chi connectivity index (χ2v) is 6.90. The molecule has 3 amide bonds. The van der Waals surface area contributed by atoms with Crippen LogP contribution in [0.3, 0.4) is 0 Å². The van der Waals surface area contributed by atoms with E-state index in [1.807, 2.05) is 6.07 Å². The van der Waals surface area contributed by atoms with Crippen LogP contribution in [0.1, 0.15) is 35.2 Å². The van der Waals surface area contributed by atoms with Crippen LogP contribution in [0.25, 0.3) is 0 Å². The van der Waals surface area contributed by atoms with Gasteiger partial charge in [-0.05, 0) is 30.2 Å². The monoisotopic (exact) mass is 359 g/mol. The highest BCUT2D eigenvalue weighted by Gasteiger charge is 2.39. The Kier molecular flexibility index (Phi) is 4.37. The van der Waals surface area contributed by atoms with Crippen molar-refractivity contribution in [3.05, 3.63) is 29.3 Å². The van der Waals surface area contributed by atoms with E-state index in [-0.39, 0.29) is 30.4 Å². The van der Waals surface area contributed by atoms with Gasteiger partial charge in [0.2, 0.25) is 11.8 Å². The molecule has 0 aliphatic carbocycles. The molecule has 138 valence electrons. The first kappa shape index (κ1) is 17.0. The zero-order valence-corrected chi connectivity index (χ0v) is 14.3. The van der Waals surface area contributed by atoms with E-state index in [4.69, 9.17) is 15.2 Å². The predicted octanol–water partition coefficient (Wildman–Crippen LogP) is -0.0574. The van der Waals surface area contributed by atoms with Gasteiger partial charge in [0.15, 0.2) is 0 Å². The molecule has 26 heavy (non-hydrogen) atoms. The van der Waals surface area contributed by atoms with Gasteiger partial charge in [-0.2, -0.15) is 0 Å². The van der Waals surface area contributed by atoms with Crippen molar-refractivity contribution in [3.63, 3.8) is 0 Å². The van der Waals surface area contributed by atoms with Gasteiger partial charge < -0.3 is 20.1 Å². The lowest BCUT2D eigenvalue weighted by molar-refractivity contribution is -0.136. The minimum absolute atomic E-state index is 0.120. The van der Waals surface area contributed by atoms with Gasteiger partial charge in [-0.25, -0.2) is 0 Å². The van der Waals surface area contributed by atoms with E-state index in [2.05, 4.69) is 5.32 Å².